The van der Waals surface area contributed by atoms with Gasteiger partial charge in [-0.3, -0.25) is 0 Å². The molecule has 20 heavy (non-hydrogen) atoms. The quantitative estimate of drug-likeness (QED) is 0.907. The Morgan fingerprint density at radius 3 is 2.55 bits per heavy atom. The molecule has 1 N–H and O–H groups in total. The van der Waals surface area contributed by atoms with Crippen molar-refractivity contribution >= 4 is 17.7 Å². The van der Waals surface area contributed by atoms with E-state index in [-0.39, 0.29) is 16.6 Å². The fourth-order valence-electron chi connectivity index (χ4n) is 4.53. The van der Waals surface area contributed by atoms with Crippen molar-refractivity contribution in [1.29, 1.82) is 0 Å². The van der Waals surface area contributed by atoms with Gasteiger partial charge in [-0.15, -0.1) is 0 Å². The largest absolute Gasteiger partial charge is 0.465 e. The van der Waals surface area contributed by atoms with Gasteiger partial charge in [0, 0.05) is 24.0 Å². The second-order valence-electron chi connectivity index (χ2n) is 6.68. The van der Waals surface area contributed by atoms with E-state index in [4.69, 9.17) is 16.7 Å². The van der Waals surface area contributed by atoms with Gasteiger partial charge in [-0.1, -0.05) is 17.7 Å². The van der Waals surface area contributed by atoms with E-state index in [1.807, 2.05) is 6.07 Å². The molecule has 3 nitrogen and oxygen atoms in total. The van der Waals surface area contributed by atoms with Gasteiger partial charge in [0.25, 0.3) is 0 Å². The summed E-state index contributed by atoms with van der Waals surface area (Å²) < 4.78 is 14.0. The highest BCUT2D eigenvalue weighted by atomic mass is 35.5. The topological polar surface area (TPSA) is 40.5 Å². The van der Waals surface area contributed by atoms with Gasteiger partial charge in [-0.05, 0) is 47.8 Å². The van der Waals surface area contributed by atoms with Gasteiger partial charge >= 0.3 is 6.09 Å². The molecule has 1 aliphatic heterocycles. The van der Waals surface area contributed by atoms with Gasteiger partial charge in [0.05, 0.1) is 0 Å². The number of halogens is 2. The van der Waals surface area contributed by atoms with E-state index >= 15 is 0 Å². The molecule has 1 amide bonds. The Hall–Kier alpha value is -1.29. The van der Waals surface area contributed by atoms with Crippen LogP contribution in [0, 0.1) is 17.2 Å². The van der Waals surface area contributed by atoms with E-state index in [1.165, 1.54) is 11.0 Å². The molecule has 1 aromatic carbocycles. The molecule has 4 fully saturated rings. The first-order chi connectivity index (χ1) is 9.44. The number of amides is 1. The molecule has 3 saturated carbocycles. The lowest BCUT2D eigenvalue weighted by atomic mass is 9.30. The normalized spacial score (nSPS) is 35.0. The summed E-state index contributed by atoms with van der Waals surface area (Å²) in [6, 6.07) is 4.95. The lowest BCUT2D eigenvalue weighted by Crippen LogP contribution is -2.73. The molecule has 0 spiro atoms. The zero-order valence-electron chi connectivity index (χ0n) is 10.9. The molecule has 1 saturated heterocycles. The van der Waals surface area contributed by atoms with Crippen LogP contribution >= 0.6 is 11.6 Å². The van der Waals surface area contributed by atoms with Crippen LogP contribution in [0.25, 0.3) is 0 Å². The minimum Gasteiger partial charge on any atom is -0.465 e. The number of benzene rings is 1. The molecular formula is C15H15ClFNO2. The Morgan fingerprint density at radius 1 is 1.35 bits per heavy atom. The third-order valence-electron chi connectivity index (χ3n) is 5.59. The van der Waals surface area contributed by atoms with Crippen LogP contribution < -0.4 is 0 Å². The van der Waals surface area contributed by atoms with E-state index in [9.17, 15) is 9.18 Å². The summed E-state index contributed by atoms with van der Waals surface area (Å²) in [5, 5.41) is 9.31. The number of likely N-dealkylation sites (tertiary alicyclic amines) is 1. The maximum atomic E-state index is 14.0. The third kappa shape index (κ3) is 1.43. The average Bonchev–Trinajstić information content (AvgIpc) is 2.18. The third-order valence-corrected chi connectivity index (χ3v) is 5.83. The van der Waals surface area contributed by atoms with E-state index in [0.717, 1.165) is 24.8 Å². The molecule has 5 heteroatoms. The molecular weight excluding hydrogens is 281 g/mol. The summed E-state index contributed by atoms with van der Waals surface area (Å²) in [4.78, 5) is 12.3. The summed E-state index contributed by atoms with van der Waals surface area (Å²) in [5.74, 6) is 0.266. The van der Waals surface area contributed by atoms with Crippen molar-refractivity contribution < 1.29 is 14.3 Å². The van der Waals surface area contributed by atoms with E-state index < -0.39 is 6.09 Å². The Balaban J connectivity index is 1.46. The smallest absolute Gasteiger partial charge is 0.407 e. The van der Waals surface area contributed by atoms with Gasteiger partial charge < -0.3 is 10.0 Å². The van der Waals surface area contributed by atoms with E-state index in [1.54, 1.807) is 6.07 Å². The first-order valence-electron chi connectivity index (χ1n) is 6.88. The summed E-state index contributed by atoms with van der Waals surface area (Å²) in [5.41, 5.74) is 1.06. The summed E-state index contributed by atoms with van der Waals surface area (Å²) >= 11 is 5.80. The molecule has 0 aromatic heterocycles. The fraction of sp³-hybridized carbons (Fsp3) is 0.533. The molecule has 3 aliphatic carbocycles. The molecule has 2 bridgehead atoms. The van der Waals surface area contributed by atoms with Gasteiger partial charge in [0.1, 0.15) is 5.82 Å². The molecule has 4 aliphatic rings. The van der Waals surface area contributed by atoms with Crippen LogP contribution in [-0.4, -0.2) is 29.2 Å². The van der Waals surface area contributed by atoms with Crippen LogP contribution in [0.2, 0.25) is 5.02 Å². The Bertz CT molecular complexity index is 592. The summed E-state index contributed by atoms with van der Waals surface area (Å²) in [7, 11) is 0. The van der Waals surface area contributed by atoms with Crippen LogP contribution in [0.4, 0.5) is 9.18 Å². The predicted octanol–water partition coefficient (Wildman–Crippen LogP) is 3.51. The zero-order chi connectivity index (χ0) is 14.1. The van der Waals surface area contributed by atoms with Crippen LogP contribution in [0.1, 0.15) is 24.8 Å². The molecule has 5 rings (SSSR count). The average molecular weight is 296 g/mol. The highest BCUT2D eigenvalue weighted by molar-refractivity contribution is 6.30. The van der Waals surface area contributed by atoms with Gasteiger partial charge in [-0.2, -0.15) is 0 Å². The van der Waals surface area contributed by atoms with Crippen molar-refractivity contribution in [3.8, 4) is 0 Å². The van der Waals surface area contributed by atoms with Crippen molar-refractivity contribution in [1.82, 2.24) is 4.90 Å². The molecule has 1 heterocycles. The number of nitrogens with zero attached hydrogens (tertiary/aromatic N) is 1. The van der Waals surface area contributed by atoms with Crippen molar-refractivity contribution in [2.45, 2.75) is 24.7 Å². The van der Waals surface area contributed by atoms with Crippen LogP contribution in [0.15, 0.2) is 18.2 Å². The molecule has 0 atom stereocenters. The first-order valence-corrected chi connectivity index (χ1v) is 7.25. The Labute approximate surface area is 121 Å². The summed E-state index contributed by atoms with van der Waals surface area (Å²) in [6.45, 7) is 1.29. The fourth-order valence-corrected chi connectivity index (χ4v) is 4.69. The minimum absolute atomic E-state index is 0.00167. The van der Waals surface area contributed by atoms with Crippen molar-refractivity contribution in [3.63, 3.8) is 0 Å². The second kappa shape index (κ2) is 3.67. The van der Waals surface area contributed by atoms with Crippen molar-refractivity contribution in [2.75, 3.05) is 13.1 Å². The predicted molar refractivity (Wildman–Crippen MR) is 72.5 cm³/mol. The van der Waals surface area contributed by atoms with Gasteiger partial charge in [0.15, 0.2) is 0 Å². The number of hydrogen-bond acceptors (Lipinski definition) is 1. The van der Waals surface area contributed by atoms with Gasteiger partial charge in [0.2, 0.25) is 0 Å². The first kappa shape index (κ1) is 12.5. The minimum atomic E-state index is -0.827. The van der Waals surface area contributed by atoms with Crippen LogP contribution in [0.3, 0.4) is 0 Å². The Morgan fingerprint density at radius 2 is 2.00 bits per heavy atom. The van der Waals surface area contributed by atoms with E-state index in [0.29, 0.717) is 24.0 Å². The molecule has 106 valence electrons. The maximum Gasteiger partial charge on any atom is 0.407 e. The van der Waals surface area contributed by atoms with Crippen LogP contribution in [0.5, 0.6) is 0 Å². The number of carbonyl (C=O) groups is 1. The SMILES string of the molecule is O=C(O)N1CC(C23CC(c4ccc(Cl)cc4F)(C2)C3)C1. The molecule has 0 unspecified atom stereocenters. The van der Waals surface area contributed by atoms with Gasteiger partial charge in [-0.25, -0.2) is 9.18 Å². The maximum absolute atomic E-state index is 14.0. The Kier molecular flexibility index (Phi) is 2.28. The highest BCUT2D eigenvalue weighted by Crippen LogP contribution is 2.77. The number of hydrogen-bond donors (Lipinski definition) is 1. The lowest BCUT2D eigenvalue weighted by molar-refractivity contribution is -0.208. The standard InChI is InChI=1S/C15H15ClFNO2/c16-10-1-2-11(12(17)3-10)15-6-14(7-15,8-15)9-4-18(5-9)13(19)20/h1-3,9H,4-8H2,(H,19,20). The molecule has 1 aromatic rings. The number of carboxylic acid groups (broad SMARTS) is 1. The van der Waals surface area contributed by atoms with E-state index in [2.05, 4.69) is 0 Å². The monoisotopic (exact) mass is 295 g/mol. The second-order valence-corrected chi connectivity index (χ2v) is 7.12. The zero-order valence-corrected chi connectivity index (χ0v) is 11.7. The highest BCUT2D eigenvalue weighted by Gasteiger charge is 2.72. The summed E-state index contributed by atoms with van der Waals surface area (Å²) in [6.07, 6.45) is 2.16. The number of rotatable bonds is 2. The van der Waals surface area contributed by atoms with Crippen molar-refractivity contribution in [2.24, 2.45) is 11.3 Å². The molecule has 0 radical (unpaired) electrons. The lowest BCUT2D eigenvalue weighted by Gasteiger charge is -2.75. The van der Waals surface area contributed by atoms with Crippen molar-refractivity contribution in [3.05, 3.63) is 34.6 Å². The van der Waals surface area contributed by atoms with Crippen LogP contribution in [-0.2, 0) is 5.41 Å².